The van der Waals surface area contributed by atoms with Crippen LogP contribution in [0.15, 0.2) is 36.1 Å². The zero-order valence-electron chi connectivity index (χ0n) is 6.80. The van der Waals surface area contributed by atoms with Crippen LogP contribution in [0, 0.1) is 0 Å². The molecule has 0 aliphatic carbocycles. The first kappa shape index (κ1) is 13.1. The molecule has 1 rings (SSSR count). The van der Waals surface area contributed by atoms with Gasteiger partial charge in [0.15, 0.2) is 0 Å². The molecule has 0 saturated heterocycles. The van der Waals surface area contributed by atoms with E-state index in [2.05, 4.69) is 15.9 Å². The van der Waals surface area contributed by atoms with E-state index in [1.54, 1.807) is 0 Å². The second-order valence-corrected chi connectivity index (χ2v) is 16.8. The van der Waals surface area contributed by atoms with Crippen molar-refractivity contribution in [2.24, 2.45) is 0 Å². The predicted octanol–water partition coefficient (Wildman–Crippen LogP) is 6.55. The molecule has 0 aromatic heterocycles. The number of rotatable bonds is 2. The van der Waals surface area contributed by atoms with E-state index in [4.69, 9.17) is 45.0 Å². The number of hydrogen-bond donors (Lipinski definition) is 0. The quantitative estimate of drug-likeness (QED) is 0.528. The van der Waals surface area contributed by atoms with Crippen molar-refractivity contribution in [2.45, 2.75) is 0 Å². The maximum atomic E-state index is 5.75. The molecule has 0 amide bonds. The minimum atomic E-state index is -3.68. The van der Waals surface area contributed by atoms with Gasteiger partial charge < -0.3 is 0 Å². The molecule has 0 N–H and O–H groups in total. The van der Waals surface area contributed by atoms with Crippen LogP contribution in [0.1, 0.15) is 5.56 Å². The Morgan fingerprint density at radius 3 is 2.00 bits per heavy atom. The van der Waals surface area contributed by atoms with Crippen LogP contribution in [0.5, 0.6) is 0 Å². The van der Waals surface area contributed by atoms with E-state index in [-0.39, 0.29) is 0 Å². The molecule has 1 aromatic carbocycles. The molecule has 6 heteroatoms. The second-order valence-electron chi connectivity index (χ2n) is 2.62. The standard InChI is InChI=1S/C8H6BrCl4P/c9-8(6-14(10,11,12)13)7-4-2-1-3-5-7/h1-6H. The van der Waals surface area contributed by atoms with E-state index in [0.717, 1.165) is 5.56 Å². The van der Waals surface area contributed by atoms with Crippen LogP contribution in [0.2, 0.25) is 0 Å². The SMILES string of the molecule is ClP(Cl)(Cl)(Cl)C=C(Br)c1ccccc1. The van der Waals surface area contributed by atoms with Gasteiger partial charge in [-0.25, -0.2) is 0 Å². The fraction of sp³-hybridized carbons (Fsp3) is 0. The summed E-state index contributed by atoms with van der Waals surface area (Å²) >= 11 is 26.3. The zero-order valence-corrected chi connectivity index (χ0v) is 12.3. The molecule has 0 saturated carbocycles. The fourth-order valence-corrected chi connectivity index (χ4v) is 5.41. The van der Waals surface area contributed by atoms with E-state index in [1.165, 1.54) is 5.82 Å². The fourth-order valence-electron chi connectivity index (χ4n) is 0.843. The van der Waals surface area contributed by atoms with Crippen molar-refractivity contribution in [1.29, 1.82) is 0 Å². The molecule has 78 valence electrons. The number of benzene rings is 1. The molecule has 0 unspecified atom stereocenters. The van der Waals surface area contributed by atoms with Gasteiger partial charge in [0.05, 0.1) is 0 Å². The van der Waals surface area contributed by atoms with E-state index in [1.807, 2.05) is 30.3 Å². The molecule has 0 aliphatic heterocycles. The van der Waals surface area contributed by atoms with Gasteiger partial charge in [0, 0.05) is 0 Å². The first-order valence-electron chi connectivity index (χ1n) is 3.57. The summed E-state index contributed by atoms with van der Waals surface area (Å²) in [4.78, 5) is 0. The van der Waals surface area contributed by atoms with Crippen molar-refractivity contribution in [3.05, 3.63) is 41.7 Å². The maximum absolute atomic E-state index is 5.75. The average Bonchev–Trinajstić information content (AvgIpc) is 2.01. The summed E-state index contributed by atoms with van der Waals surface area (Å²) in [7, 11) is 0. The summed E-state index contributed by atoms with van der Waals surface area (Å²) in [6.45, 7) is 0. The minimum absolute atomic E-state index is 0.686. The Labute approximate surface area is 110 Å². The molecule has 0 bridgehead atoms. The average molecular weight is 355 g/mol. The molecule has 0 spiro atoms. The van der Waals surface area contributed by atoms with Gasteiger partial charge in [-0.05, 0) is 0 Å². The summed E-state index contributed by atoms with van der Waals surface area (Å²) in [5.41, 5.74) is 0.920. The Kier molecular flexibility index (Phi) is 4.20. The monoisotopic (exact) mass is 352 g/mol. The van der Waals surface area contributed by atoms with Gasteiger partial charge in [-0.3, -0.25) is 0 Å². The second kappa shape index (κ2) is 4.49. The predicted molar refractivity (Wildman–Crippen MR) is 73.7 cm³/mol. The third-order valence-corrected chi connectivity index (χ3v) is 4.22. The molecular weight excluding hydrogens is 349 g/mol. The Balaban J connectivity index is 3.04. The van der Waals surface area contributed by atoms with Crippen LogP contribution >= 0.6 is 64.9 Å². The zero-order chi connectivity index (χ0) is 10.8. The summed E-state index contributed by atoms with van der Waals surface area (Å²) in [5, 5.41) is 0. The van der Waals surface area contributed by atoms with Crippen LogP contribution in [-0.4, -0.2) is 0 Å². The van der Waals surface area contributed by atoms with Crippen molar-refractivity contribution < 1.29 is 0 Å². The van der Waals surface area contributed by atoms with E-state index in [9.17, 15) is 0 Å². The number of halogens is 5. The summed E-state index contributed by atoms with van der Waals surface area (Å²) in [5.74, 6) is 1.44. The van der Waals surface area contributed by atoms with Crippen molar-refractivity contribution in [3.63, 3.8) is 0 Å². The molecule has 0 aliphatic rings. The van der Waals surface area contributed by atoms with Crippen molar-refractivity contribution in [3.8, 4) is 0 Å². The van der Waals surface area contributed by atoms with Gasteiger partial charge in [-0.15, -0.1) is 0 Å². The van der Waals surface area contributed by atoms with Crippen molar-refractivity contribution in [2.75, 3.05) is 0 Å². The van der Waals surface area contributed by atoms with Gasteiger partial charge >= 0.3 is 111 Å². The van der Waals surface area contributed by atoms with E-state index in [0.29, 0.717) is 4.48 Å². The van der Waals surface area contributed by atoms with Crippen LogP contribution in [0.25, 0.3) is 4.48 Å². The van der Waals surface area contributed by atoms with Crippen molar-refractivity contribution in [1.82, 2.24) is 0 Å². The number of hydrogen-bond acceptors (Lipinski definition) is 0. The van der Waals surface area contributed by atoms with Gasteiger partial charge in [-0.1, -0.05) is 0 Å². The molecule has 0 fully saturated rings. The summed E-state index contributed by atoms with van der Waals surface area (Å²) < 4.78 is -3.00. The molecule has 1 aromatic rings. The van der Waals surface area contributed by atoms with Gasteiger partial charge in [0.1, 0.15) is 0 Å². The molecule has 0 atom stereocenters. The normalized spacial score (nSPS) is 16.1. The first-order valence-corrected chi connectivity index (χ1v) is 10.3. The molecule has 0 nitrogen and oxygen atoms in total. The Morgan fingerprint density at radius 1 is 1.07 bits per heavy atom. The van der Waals surface area contributed by atoms with Crippen LogP contribution < -0.4 is 0 Å². The molecule has 0 heterocycles. The van der Waals surface area contributed by atoms with Crippen LogP contribution in [-0.2, 0) is 0 Å². The first-order chi connectivity index (χ1) is 6.24. The van der Waals surface area contributed by atoms with E-state index < -0.39 is 4.01 Å². The third kappa shape index (κ3) is 5.21. The summed E-state index contributed by atoms with van der Waals surface area (Å²) in [6.07, 6.45) is 0. The molecule has 0 radical (unpaired) electrons. The summed E-state index contributed by atoms with van der Waals surface area (Å²) in [6, 6.07) is 9.48. The van der Waals surface area contributed by atoms with Crippen molar-refractivity contribution >= 4 is 69.4 Å². The van der Waals surface area contributed by atoms with Gasteiger partial charge in [0.2, 0.25) is 0 Å². The van der Waals surface area contributed by atoms with Crippen LogP contribution in [0.4, 0.5) is 0 Å². The topological polar surface area (TPSA) is 0 Å². The molecule has 14 heavy (non-hydrogen) atoms. The Bertz CT molecular complexity index is 345. The van der Waals surface area contributed by atoms with E-state index >= 15 is 0 Å². The molecular formula is C8H6BrCl4P. The third-order valence-electron chi connectivity index (χ3n) is 1.36. The van der Waals surface area contributed by atoms with Crippen LogP contribution in [0.3, 0.4) is 0 Å². The Hall–Kier alpha value is 1.03. The van der Waals surface area contributed by atoms with Gasteiger partial charge in [-0.2, -0.15) is 0 Å². The Morgan fingerprint density at radius 2 is 1.57 bits per heavy atom. The van der Waals surface area contributed by atoms with Gasteiger partial charge in [0.25, 0.3) is 0 Å².